The van der Waals surface area contributed by atoms with Gasteiger partial charge in [-0.3, -0.25) is 10.1 Å². The van der Waals surface area contributed by atoms with E-state index in [1.165, 1.54) is 12.1 Å². The first-order valence-corrected chi connectivity index (χ1v) is 7.93. The molecule has 2 N–H and O–H groups in total. The third kappa shape index (κ3) is 5.24. The standard InChI is InChI=1S/C16H16BrN3O4/c1-11-2-7-14(15(10-11)20(22)23)19-16(21)18-8-9-24-13-5-3-12(17)4-6-13/h2-7,10H,8-9H2,1H3,(H2,18,19,21). The molecule has 0 radical (unpaired) electrons. The lowest BCUT2D eigenvalue weighted by molar-refractivity contribution is -0.384. The number of benzene rings is 2. The predicted molar refractivity (Wildman–Crippen MR) is 94.5 cm³/mol. The van der Waals surface area contributed by atoms with E-state index in [-0.39, 0.29) is 24.5 Å². The average molecular weight is 394 g/mol. The molecule has 0 spiro atoms. The lowest BCUT2D eigenvalue weighted by Gasteiger charge is -2.09. The normalized spacial score (nSPS) is 10.1. The summed E-state index contributed by atoms with van der Waals surface area (Å²) in [5.74, 6) is 0.689. The number of rotatable bonds is 6. The molecule has 0 aromatic heterocycles. The quantitative estimate of drug-likeness (QED) is 0.442. The van der Waals surface area contributed by atoms with E-state index in [9.17, 15) is 14.9 Å². The van der Waals surface area contributed by atoms with Gasteiger partial charge in [-0.2, -0.15) is 0 Å². The fraction of sp³-hybridized carbons (Fsp3) is 0.188. The molecule has 0 bridgehead atoms. The molecular formula is C16H16BrN3O4. The molecule has 0 atom stereocenters. The van der Waals surface area contributed by atoms with Crippen molar-refractivity contribution in [2.24, 2.45) is 0 Å². The van der Waals surface area contributed by atoms with Crippen molar-refractivity contribution in [2.45, 2.75) is 6.92 Å². The number of ether oxygens (including phenoxy) is 1. The third-order valence-corrected chi connectivity index (χ3v) is 3.60. The van der Waals surface area contributed by atoms with Gasteiger partial charge in [-0.05, 0) is 42.8 Å². The number of nitrogens with zero attached hydrogens (tertiary/aromatic N) is 1. The second kappa shape index (κ2) is 8.30. The van der Waals surface area contributed by atoms with Crippen LogP contribution in [0.25, 0.3) is 0 Å². The van der Waals surface area contributed by atoms with E-state index >= 15 is 0 Å². The van der Waals surface area contributed by atoms with Crippen LogP contribution in [0.15, 0.2) is 46.9 Å². The molecule has 7 nitrogen and oxygen atoms in total. The van der Waals surface area contributed by atoms with Gasteiger partial charge in [0.15, 0.2) is 0 Å². The van der Waals surface area contributed by atoms with Gasteiger partial charge in [0.2, 0.25) is 0 Å². The van der Waals surface area contributed by atoms with Crippen LogP contribution in [0.3, 0.4) is 0 Å². The maximum atomic E-state index is 11.8. The monoisotopic (exact) mass is 393 g/mol. The van der Waals surface area contributed by atoms with E-state index < -0.39 is 11.0 Å². The number of amides is 2. The maximum absolute atomic E-state index is 11.8. The van der Waals surface area contributed by atoms with Gasteiger partial charge in [-0.15, -0.1) is 0 Å². The Morgan fingerprint density at radius 3 is 2.62 bits per heavy atom. The van der Waals surface area contributed by atoms with Crippen molar-refractivity contribution in [1.82, 2.24) is 5.32 Å². The number of halogens is 1. The summed E-state index contributed by atoms with van der Waals surface area (Å²) < 4.78 is 6.42. The second-order valence-electron chi connectivity index (χ2n) is 4.96. The topological polar surface area (TPSA) is 93.5 Å². The minimum atomic E-state index is -0.529. The Hall–Kier alpha value is -2.61. The van der Waals surface area contributed by atoms with E-state index in [1.807, 2.05) is 12.1 Å². The largest absolute Gasteiger partial charge is 0.492 e. The summed E-state index contributed by atoms with van der Waals surface area (Å²) in [6.45, 7) is 2.29. The maximum Gasteiger partial charge on any atom is 0.319 e. The Morgan fingerprint density at radius 1 is 1.25 bits per heavy atom. The molecule has 0 saturated carbocycles. The van der Waals surface area contributed by atoms with Crippen LogP contribution in [-0.4, -0.2) is 24.1 Å². The Bertz CT molecular complexity index is 735. The SMILES string of the molecule is Cc1ccc(NC(=O)NCCOc2ccc(Br)cc2)c([N+](=O)[O-])c1. The van der Waals surface area contributed by atoms with Crippen molar-refractivity contribution in [3.63, 3.8) is 0 Å². The highest BCUT2D eigenvalue weighted by molar-refractivity contribution is 9.10. The zero-order valence-electron chi connectivity index (χ0n) is 12.9. The van der Waals surface area contributed by atoms with Gasteiger partial charge in [-0.25, -0.2) is 4.79 Å². The van der Waals surface area contributed by atoms with Crippen molar-refractivity contribution in [3.05, 3.63) is 62.6 Å². The molecule has 0 fully saturated rings. The summed E-state index contributed by atoms with van der Waals surface area (Å²) in [5.41, 5.74) is 0.753. The third-order valence-electron chi connectivity index (χ3n) is 3.07. The molecule has 2 amide bonds. The number of anilines is 1. The highest BCUT2D eigenvalue weighted by Crippen LogP contribution is 2.25. The molecule has 0 aliphatic heterocycles. The Balaban J connectivity index is 1.81. The molecule has 0 saturated heterocycles. The van der Waals surface area contributed by atoms with Crippen molar-refractivity contribution in [3.8, 4) is 5.75 Å². The first-order valence-electron chi connectivity index (χ1n) is 7.14. The number of nitrogens with one attached hydrogen (secondary N) is 2. The van der Waals surface area contributed by atoms with Crippen LogP contribution in [0.5, 0.6) is 5.75 Å². The van der Waals surface area contributed by atoms with Gasteiger partial charge in [0.05, 0.1) is 11.5 Å². The molecule has 0 aliphatic rings. The van der Waals surface area contributed by atoms with Crippen molar-refractivity contribution < 1.29 is 14.5 Å². The van der Waals surface area contributed by atoms with E-state index in [1.54, 1.807) is 25.1 Å². The van der Waals surface area contributed by atoms with Crippen LogP contribution in [-0.2, 0) is 0 Å². The minimum absolute atomic E-state index is 0.142. The number of nitro benzene ring substituents is 1. The predicted octanol–water partition coefficient (Wildman–Crippen LogP) is 3.87. The molecular weight excluding hydrogens is 378 g/mol. The summed E-state index contributed by atoms with van der Waals surface area (Å²) >= 11 is 3.33. The number of hydrogen-bond acceptors (Lipinski definition) is 4. The Labute approximate surface area is 147 Å². The number of carbonyl (C=O) groups is 1. The van der Waals surface area contributed by atoms with E-state index in [4.69, 9.17) is 4.74 Å². The van der Waals surface area contributed by atoms with Crippen molar-refractivity contribution >= 4 is 33.3 Å². The lowest BCUT2D eigenvalue weighted by atomic mass is 10.2. The molecule has 8 heteroatoms. The molecule has 0 heterocycles. The summed E-state index contributed by atoms with van der Waals surface area (Å²) in [4.78, 5) is 22.3. The molecule has 0 unspecified atom stereocenters. The fourth-order valence-electron chi connectivity index (χ4n) is 1.93. The Kier molecular flexibility index (Phi) is 6.14. The summed E-state index contributed by atoms with van der Waals surface area (Å²) in [6.07, 6.45) is 0. The first-order chi connectivity index (χ1) is 11.5. The van der Waals surface area contributed by atoms with Crippen LogP contribution < -0.4 is 15.4 Å². The lowest BCUT2D eigenvalue weighted by Crippen LogP contribution is -2.32. The van der Waals surface area contributed by atoms with Crippen LogP contribution >= 0.6 is 15.9 Å². The van der Waals surface area contributed by atoms with Crippen LogP contribution in [0.1, 0.15) is 5.56 Å². The van der Waals surface area contributed by atoms with E-state index in [0.717, 1.165) is 10.0 Å². The number of urea groups is 1. The molecule has 126 valence electrons. The zero-order chi connectivity index (χ0) is 17.5. The summed E-state index contributed by atoms with van der Waals surface area (Å²) in [6, 6.07) is 11.4. The summed E-state index contributed by atoms with van der Waals surface area (Å²) in [5, 5.41) is 16.1. The zero-order valence-corrected chi connectivity index (χ0v) is 14.5. The van der Waals surface area contributed by atoms with E-state index in [0.29, 0.717) is 5.75 Å². The number of nitro groups is 1. The van der Waals surface area contributed by atoms with Gasteiger partial charge in [-0.1, -0.05) is 22.0 Å². The molecule has 2 aromatic rings. The Morgan fingerprint density at radius 2 is 1.96 bits per heavy atom. The minimum Gasteiger partial charge on any atom is -0.492 e. The second-order valence-corrected chi connectivity index (χ2v) is 5.88. The van der Waals surface area contributed by atoms with Crippen molar-refractivity contribution in [2.75, 3.05) is 18.5 Å². The van der Waals surface area contributed by atoms with E-state index in [2.05, 4.69) is 26.6 Å². The van der Waals surface area contributed by atoms with Crippen LogP contribution in [0.4, 0.5) is 16.2 Å². The number of aryl methyl sites for hydroxylation is 1. The molecule has 0 aliphatic carbocycles. The van der Waals surface area contributed by atoms with Gasteiger partial charge in [0, 0.05) is 10.5 Å². The van der Waals surface area contributed by atoms with Gasteiger partial charge in [0.25, 0.3) is 5.69 Å². The molecule has 2 rings (SSSR count). The smallest absolute Gasteiger partial charge is 0.319 e. The van der Waals surface area contributed by atoms with Gasteiger partial charge >= 0.3 is 6.03 Å². The highest BCUT2D eigenvalue weighted by Gasteiger charge is 2.15. The molecule has 2 aromatic carbocycles. The summed E-state index contributed by atoms with van der Waals surface area (Å²) in [7, 11) is 0. The van der Waals surface area contributed by atoms with Crippen LogP contribution in [0.2, 0.25) is 0 Å². The molecule has 24 heavy (non-hydrogen) atoms. The average Bonchev–Trinajstić information content (AvgIpc) is 2.55. The number of carbonyl (C=O) groups excluding carboxylic acids is 1. The highest BCUT2D eigenvalue weighted by atomic mass is 79.9. The van der Waals surface area contributed by atoms with Crippen LogP contribution in [0, 0.1) is 17.0 Å². The first kappa shape index (κ1) is 17.7. The number of hydrogen-bond donors (Lipinski definition) is 2. The van der Waals surface area contributed by atoms with Crippen molar-refractivity contribution in [1.29, 1.82) is 0 Å². The fourth-order valence-corrected chi connectivity index (χ4v) is 2.19. The van der Waals surface area contributed by atoms with Gasteiger partial charge in [0.1, 0.15) is 18.0 Å². The van der Waals surface area contributed by atoms with Gasteiger partial charge < -0.3 is 15.4 Å².